The average Bonchev–Trinajstić information content (AvgIpc) is 2.60. The van der Waals surface area contributed by atoms with Gasteiger partial charge in [0.15, 0.2) is 0 Å². The van der Waals surface area contributed by atoms with E-state index < -0.39 is 10.5 Å². The highest BCUT2D eigenvalue weighted by Crippen LogP contribution is 2.24. The van der Waals surface area contributed by atoms with Gasteiger partial charge in [-0.2, -0.15) is 0 Å². The van der Waals surface area contributed by atoms with Gasteiger partial charge in [0, 0.05) is 7.05 Å². The third-order valence-electron chi connectivity index (χ3n) is 2.21. The number of rotatable bonds is 5. The maximum Gasteiger partial charge on any atom is 0.406 e. The quantitative estimate of drug-likeness (QED) is 0.463. The van der Waals surface area contributed by atoms with Crippen molar-refractivity contribution in [1.29, 1.82) is 0 Å². The Labute approximate surface area is 91.7 Å². The molecule has 0 unspecified atom stereocenters. The van der Waals surface area contributed by atoms with Gasteiger partial charge >= 0.3 is 5.82 Å². The lowest BCUT2D eigenvalue weighted by molar-refractivity contribution is -0.388. The van der Waals surface area contributed by atoms with E-state index in [4.69, 9.17) is 10.2 Å². The molecule has 90 valence electrons. The fraction of sp³-hybridized carbons (Fsp3) is 0.625. The summed E-state index contributed by atoms with van der Waals surface area (Å²) in [6.07, 6.45) is 1.29. The minimum Gasteiger partial charge on any atom is -0.394 e. The first-order chi connectivity index (χ1) is 7.43. The van der Waals surface area contributed by atoms with Gasteiger partial charge in [-0.3, -0.25) is 4.57 Å². The molecular weight excluding hydrogens is 216 g/mol. The second kappa shape index (κ2) is 4.45. The SMILES string of the molecule is Cn1cnc([N+](=O)[O-])c1NC(C)(CO)CO. The molecule has 16 heavy (non-hydrogen) atoms. The van der Waals surface area contributed by atoms with Crippen molar-refractivity contribution in [2.24, 2.45) is 7.05 Å². The fourth-order valence-corrected chi connectivity index (χ4v) is 1.11. The zero-order valence-corrected chi connectivity index (χ0v) is 9.04. The maximum atomic E-state index is 10.7. The largest absolute Gasteiger partial charge is 0.406 e. The Bertz CT molecular complexity index is 385. The number of nitro groups is 1. The van der Waals surface area contributed by atoms with E-state index in [1.54, 1.807) is 14.0 Å². The number of aliphatic hydroxyl groups excluding tert-OH is 2. The molecular formula is C8H14N4O4. The molecule has 1 aromatic rings. The van der Waals surface area contributed by atoms with Crippen LogP contribution in [0.25, 0.3) is 0 Å². The standard InChI is InChI=1S/C8H14N4O4/c1-8(3-13,4-14)10-7-6(12(15)16)9-5-11(7)2/h5,10,13-14H,3-4H2,1-2H3. The molecule has 0 spiro atoms. The number of aryl methyl sites for hydroxylation is 1. The number of anilines is 1. The van der Waals surface area contributed by atoms with Crippen LogP contribution < -0.4 is 5.32 Å². The van der Waals surface area contributed by atoms with E-state index in [1.165, 1.54) is 10.9 Å². The van der Waals surface area contributed by atoms with Crippen LogP contribution in [0, 0.1) is 10.1 Å². The Hall–Kier alpha value is -1.67. The smallest absolute Gasteiger partial charge is 0.394 e. The van der Waals surface area contributed by atoms with Crippen molar-refractivity contribution in [2.45, 2.75) is 12.5 Å². The molecule has 0 aromatic carbocycles. The molecule has 1 rings (SSSR count). The summed E-state index contributed by atoms with van der Waals surface area (Å²) < 4.78 is 1.42. The second-order valence-corrected chi connectivity index (χ2v) is 3.79. The molecule has 8 heteroatoms. The van der Waals surface area contributed by atoms with E-state index in [0.717, 1.165) is 0 Å². The number of hydrogen-bond donors (Lipinski definition) is 3. The van der Waals surface area contributed by atoms with Crippen LogP contribution in [0.5, 0.6) is 0 Å². The highest BCUT2D eigenvalue weighted by Gasteiger charge is 2.29. The highest BCUT2D eigenvalue weighted by molar-refractivity contribution is 5.53. The summed E-state index contributed by atoms with van der Waals surface area (Å²) >= 11 is 0. The Kier molecular flexibility index (Phi) is 3.45. The number of nitrogens with one attached hydrogen (secondary N) is 1. The van der Waals surface area contributed by atoms with E-state index in [-0.39, 0.29) is 24.8 Å². The molecule has 1 aromatic heterocycles. The van der Waals surface area contributed by atoms with Crippen LogP contribution in [0.3, 0.4) is 0 Å². The summed E-state index contributed by atoms with van der Waals surface area (Å²) in [6.45, 7) is 0.835. The number of aromatic nitrogens is 2. The van der Waals surface area contributed by atoms with Gasteiger partial charge in [0.05, 0.1) is 18.8 Å². The van der Waals surface area contributed by atoms with Gasteiger partial charge < -0.3 is 25.6 Å². The summed E-state index contributed by atoms with van der Waals surface area (Å²) in [7, 11) is 1.58. The van der Waals surface area contributed by atoms with Crippen LogP contribution >= 0.6 is 0 Å². The van der Waals surface area contributed by atoms with Crippen molar-refractivity contribution in [3.05, 3.63) is 16.4 Å². The monoisotopic (exact) mass is 230 g/mol. The third kappa shape index (κ3) is 2.28. The van der Waals surface area contributed by atoms with Gasteiger partial charge in [0.1, 0.15) is 0 Å². The number of hydrogen-bond acceptors (Lipinski definition) is 6. The molecule has 1 heterocycles. The predicted octanol–water partition coefficient (Wildman–Crippen LogP) is -0.517. The lowest BCUT2D eigenvalue weighted by Crippen LogP contribution is -2.43. The fourth-order valence-electron chi connectivity index (χ4n) is 1.11. The van der Waals surface area contributed by atoms with Gasteiger partial charge in [-0.25, -0.2) is 0 Å². The minimum absolute atomic E-state index is 0.149. The van der Waals surface area contributed by atoms with Gasteiger partial charge in [-0.1, -0.05) is 0 Å². The van der Waals surface area contributed by atoms with Crippen molar-refractivity contribution in [2.75, 3.05) is 18.5 Å². The molecule has 0 amide bonds. The van der Waals surface area contributed by atoms with Crippen LogP contribution in [0.4, 0.5) is 11.6 Å². The minimum atomic E-state index is -1.03. The van der Waals surface area contributed by atoms with Crippen LogP contribution in [-0.2, 0) is 7.05 Å². The van der Waals surface area contributed by atoms with Crippen molar-refractivity contribution in [3.63, 3.8) is 0 Å². The van der Waals surface area contributed by atoms with Crippen molar-refractivity contribution in [3.8, 4) is 0 Å². The number of imidazole rings is 1. The first-order valence-electron chi connectivity index (χ1n) is 4.59. The summed E-state index contributed by atoms with van der Waals surface area (Å²) in [5.41, 5.74) is -1.03. The zero-order chi connectivity index (χ0) is 12.3. The van der Waals surface area contributed by atoms with E-state index in [2.05, 4.69) is 10.3 Å². The van der Waals surface area contributed by atoms with Gasteiger partial charge in [0.2, 0.25) is 12.1 Å². The number of nitrogens with zero attached hydrogens (tertiary/aromatic N) is 3. The zero-order valence-electron chi connectivity index (χ0n) is 9.04. The van der Waals surface area contributed by atoms with Crippen LogP contribution in [0.2, 0.25) is 0 Å². The summed E-state index contributed by atoms with van der Waals surface area (Å²) in [6, 6.07) is 0. The van der Waals surface area contributed by atoms with Crippen molar-refractivity contribution in [1.82, 2.24) is 9.55 Å². The van der Waals surface area contributed by atoms with E-state index in [1.807, 2.05) is 0 Å². The normalized spacial score (nSPS) is 11.5. The molecule has 0 saturated heterocycles. The molecule has 0 aliphatic carbocycles. The molecule has 0 saturated carbocycles. The lowest BCUT2D eigenvalue weighted by Gasteiger charge is -2.26. The topological polar surface area (TPSA) is 113 Å². The predicted molar refractivity (Wildman–Crippen MR) is 56.1 cm³/mol. The maximum absolute atomic E-state index is 10.7. The Balaban J connectivity index is 3.04. The first-order valence-corrected chi connectivity index (χ1v) is 4.59. The highest BCUT2D eigenvalue weighted by atomic mass is 16.6. The Morgan fingerprint density at radius 3 is 2.62 bits per heavy atom. The average molecular weight is 230 g/mol. The molecule has 3 N–H and O–H groups in total. The van der Waals surface area contributed by atoms with E-state index in [9.17, 15) is 10.1 Å². The van der Waals surface area contributed by atoms with Gasteiger partial charge in [0.25, 0.3) is 0 Å². The number of aliphatic hydroxyl groups is 2. The Morgan fingerprint density at radius 1 is 1.62 bits per heavy atom. The summed E-state index contributed by atoms with van der Waals surface area (Å²) in [5.74, 6) is -0.189. The molecule has 0 atom stereocenters. The van der Waals surface area contributed by atoms with E-state index >= 15 is 0 Å². The molecule has 0 radical (unpaired) electrons. The second-order valence-electron chi connectivity index (χ2n) is 3.79. The lowest BCUT2D eigenvalue weighted by atomic mass is 10.1. The first kappa shape index (κ1) is 12.4. The van der Waals surface area contributed by atoms with Crippen LogP contribution in [0.15, 0.2) is 6.33 Å². The Morgan fingerprint density at radius 2 is 2.19 bits per heavy atom. The van der Waals surface area contributed by atoms with Crippen molar-refractivity contribution >= 4 is 11.6 Å². The molecule has 0 fully saturated rings. The molecule has 0 aliphatic heterocycles. The third-order valence-corrected chi connectivity index (χ3v) is 2.21. The summed E-state index contributed by atoms with van der Waals surface area (Å²) in [5, 5.41) is 31.5. The molecule has 8 nitrogen and oxygen atoms in total. The molecule has 0 aliphatic rings. The van der Waals surface area contributed by atoms with Crippen LogP contribution in [-0.4, -0.2) is 43.4 Å². The van der Waals surface area contributed by atoms with Crippen LogP contribution in [0.1, 0.15) is 6.92 Å². The van der Waals surface area contributed by atoms with Gasteiger partial charge in [-0.05, 0) is 16.8 Å². The molecule has 0 bridgehead atoms. The summed E-state index contributed by atoms with van der Waals surface area (Å²) in [4.78, 5) is 13.6. The van der Waals surface area contributed by atoms with Gasteiger partial charge in [-0.15, -0.1) is 0 Å². The van der Waals surface area contributed by atoms with Crippen molar-refractivity contribution < 1.29 is 15.1 Å². The van der Waals surface area contributed by atoms with E-state index in [0.29, 0.717) is 0 Å².